The normalized spacial score (nSPS) is 12.7. The minimum absolute atomic E-state index is 0.142. The molecule has 27 heavy (non-hydrogen) atoms. The van der Waals surface area contributed by atoms with Crippen LogP contribution in [0, 0.1) is 6.92 Å². The number of halogens is 4. The van der Waals surface area contributed by atoms with Gasteiger partial charge in [-0.15, -0.1) is 0 Å². The topological polar surface area (TPSA) is 64.1 Å². The molecule has 1 atom stereocenters. The van der Waals surface area contributed by atoms with Crippen LogP contribution in [0.4, 0.5) is 13.2 Å². The summed E-state index contributed by atoms with van der Waals surface area (Å²) in [4.78, 5) is 19.2. The van der Waals surface area contributed by atoms with Crippen LogP contribution >= 0.6 is 11.6 Å². The van der Waals surface area contributed by atoms with Gasteiger partial charge in [0.2, 0.25) is 5.88 Å². The van der Waals surface area contributed by atoms with Crippen molar-refractivity contribution in [3.63, 3.8) is 0 Å². The van der Waals surface area contributed by atoms with Crippen LogP contribution in [0.3, 0.4) is 0 Å². The first-order valence-electron chi connectivity index (χ1n) is 8.19. The zero-order chi connectivity index (χ0) is 20.0. The highest BCUT2D eigenvalue weighted by Gasteiger charge is 2.27. The molecule has 0 radical (unpaired) electrons. The molecule has 2 aromatic rings. The first kappa shape index (κ1) is 21.1. The Morgan fingerprint density at radius 1 is 1.37 bits per heavy atom. The molecule has 0 amide bonds. The molecular formula is C18H19ClF3N3O2. The van der Waals surface area contributed by atoms with E-state index in [4.69, 9.17) is 16.3 Å². The van der Waals surface area contributed by atoms with Crippen molar-refractivity contribution in [1.29, 1.82) is 0 Å². The van der Waals surface area contributed by atoms with Crippen molar-refractivity contribution in [2.24, 2.45) is 0 Å². The number of nitrogens with zero attached hydrogens (tertiary/aromatic N) is 2. The standard InChI is InChI=1S/C18H19ClF3N3O2/c1-11-7-14(8-25-17(11)27-6-4-18(20,21)22)12(2)24-9-15-13(10-26)3-5-23-16(15)19/h3,5,7-8,10,12,24H,4,6,9H2,1-2H3. The summed E-state index contributed by atoms with van der Waals surface area (Å²) in [7, 11) is 0. The van der Waals surface area contributed by atoms with Crippen molar-refractivity contribution < 1.29 is 22.7 Å². The summed E-state index contributed by atoms with van der Waals surface area (Å²) >= 11 is 6.05. The van der Waals surface area contributed by atoms with Gasteiger partial charge in [-0.2, -0.15) is 13.2 Å². The maximum Gasteiger partial charge on any atom is 0.392 e. The molecule has 0 aliphatic rings. The van der Waals surface area contributed by atoms with Crippen LogP contribution in [0.5, 0.6) is 5.88 Å². The van der Waals surface area contributed by atoms with Crippen molar-refractivity contribution in [1.82, 2.24) is 15.3 Å². The lowest BCUT2D eigenvalue weighted by Crippen LogP contribution is -2.20. The van der Waals surface area contributed by atoms with Gasteiger partial charge in [-0.3, -0.25) is 4.79 Å². The van der Waals surface area contributed by atoms with Crippen LogP contribution < -0.4 is 10.1 Å². The monoisotopic (exact) mass is 401 g/mol. The summed E-state index contributed by atoms with van der Waals surface area (Å²) in [5.74, 6) is 0.175. The number of aromatic nitrogens is 2. The second-order valence-corrected chi connectivity index (χ2v) is 6.35. The minimum Gasteiger partial charge on any atom is -0.477 e. The van der Waals surface area contributed by atoms with Crippen LogP contribution in [0.25, 0.3) is 0 Å². The second kappa shape index (κ2) is 9.14. The molecule has 146 valence electrons. The van der Waals surface area contributed by atoms with E-state index in [-0.39, 0.29) is 17.1 Å². The number of carbonyl (C=O) groups excluding carboxylic acids is 1. The highest BCUT2D eigenvalue weighted by Crippen LogP contribution is 2.23. The number of carbonyl (C=O) groups is 1. The molecule has 2 aromatic heterocycles. The van der Waals surface area contributed by atoms with E-state index in [0.29, 0.717) is 29.5 Å². The Balaban J connectivity index is 2.00. The number of ether oxygens (including phenoxy) is 1. The third kappa shape index (κ3) is 6.18. The molecule has 0 aliphatic heterocycles. The molecule has 2 rings (SSSR count). The minimum atomic E-state index is -4.26. The highest BCUT2D eigenvalue weighted by molar-refractivity contribution is 6.30. The summed E-state index contributed by atoms with van der Waals surface area (Å²) in [5.41, 5.74) is 2.51. The number of pyridine rings is 2. The number of hydrogen-bond donors (Lipinski definition) is 1. The molecule has 0 saturated carbocycles. The average molecular weight is 402 g/mol. The fourth-order valence-corrected chi connectivity index (χ4v) is 2.61. The molecule has 0 saturated heterocycles. The number of aryl methyl sites for hydroxylation is 1. The van der Waals surface area contributed by atoms with Gasteiger partial charge < -0.3 is 10.1 Å². The largest absolute Gasteiger partial charge is 0.477 e. The fourth-order valence-electron chi connectivity index (χ4n) is 2.37. The van der Waals surface area contributed by atoms with E-state index in [1.54, 1.807) is 25.3 Å². The van der Waals surface area contributed by atoms with Gasteiger partial charge in [0, 0.05) is 41.7 Å². The third-order valence-electron chi connectivity index (χ3n) is 3.93. The molecule has 1 unspecified atom stereocenters. The molecular weight excluding hydrogens is 383 g/mol. The van der Waals surface area contributed by atoms with Gasteiger partial charge in [0.05, 0.1) is 13.0 Å². The lowest BCUT2D eigenvalue weighted by molar-refractivity contribution is -0.139. The van der Waals surface area contributed by atoms with Crippen LogP contribution in [0.1, 0.15) is 46.4 Å². The van der Waals surface area contributed by atoms with Crippen LogP contribution in [-0.2, 0) is 6.54 Å². The first-order chi connectivity index (χ1) is 12.7. The number of rotatable bonds is 8. The van der Waals surface area contributed by atoms with Crippen LogP contribution in [0.15, 0.2) is 24.5 Å². The van der Waals surface area contributed by atoms with Gasteiger partial charge in [-0.25, -0.2) is 9.97 Å². The van der Waals surface area contributed by atoms with Crippen molar-refractivity contribution in [2.75, 3.05) is 6.61 Å². The van der Waals surface area contributed by atoms with Gasteiger partial charge in [0.1, 0.15) is 5.15 Å². The molecule has 0 fully saturated rings. The molecule has 0 aliphatic carbocycles. The SMILES string of the molecule is Cc1cc(C(C)NCc2c(C=O)ccnc2Cl)cnc1OCCC(F)(F)F. The molecule has 0 aromatic carbocycles. The summed E-state index contributed by atoms with van der Waals surface area (Å²) in [6, 6.07) is 3.23. The summed E-state index contributed by atoms with van der Waals surface area (Å²) < 4.78 is 41.7. The Bertz CT molecular complexity index is 800. The summed E-state index contributed by atoms with van der Waals surface area (Å²) in [5, 5.41) is 3.48. The van der Waals surface area contributed by atoms with E-state index in [1.807, 2.05) is 6.92 Å². The predicted molar refractivity (Wildman–Crippen MR) is 95.0 cm³/mol. The zero-order valence-corrected chi connectivity index (χ0v) is 15.6. The van der Waals surface area contributed by atoms with E-state index >= 15 is 0 Å². The van der Waals surface area contributed by atoms with Gasteiger partial charge >= 0.3 is 6.18 Å². The van der Waals surface area contributed by atoms with E-state index in [1.165, 1.54) is 6.20 Å². The Morgan fingerprint density at radius 3 is 2.74 bits per heavy atom. The lowest BCUT2D eigenvalue weighted by Gasteiger charge is -2.17. The summed E-state index contributed by atoms with van der Waals surface area (Å²) in [6.45, 7) is 3.46. The molecule has 0 spiro atoms. The molecule has 0 bridgehead atoms. The van der Waals surface area contributed by atoms with Crippen molar-refractivity contribution in [3.05, 3.63) is 51.9 Å². The quantitative estimate of drug-likeness (QED) is 0.523. The number of nitrogens with one attached hydrogen (secondary N) is 1. The van der Waals surface area contributed by atoms with Gasteiger partial charge in [0.15, 0.2) is 6.29 Å². The predicted octanol–water partition coefficient (Wildman–Crippen LogP) is 4.43. The molecule has 2 heterocycles. The maximum atomic E-state index is 12.2. The van der Waals surface area contributed by atoms with Crippen molar-refractivity contribution in [2.45, 2.75) is 39.0 Å². The Hall–Kier alpha value is -2.19. The second-order valence-electron chi connectivity index (χ2n) is 5.99. The van der Waals surface area contributed by atoms with Gasteiger partial charge in [0.25, 0.3) is 0 Å². The number of hydrogen-bond acceptors (Lipinski definition) is 5. The molecule has 9 heteroatoms. The smallest absolute Gasteiger partial charge is 0.392 e. The maximum absolute atomic E-state index is 12.2. The first-order valence-corrected chi connectivity index (χ1v) is 8.57. The van der Waals surface area contributed by atoms with Crippen LogP contribution in [0.2, 0.25) is 5.15 Å². The van der Waals surface area contributed by atoms with Crippen molar-refractivity contribution in [3.8, 4) is 5.88 Å². The Kier molecular flexibility index (Phi) is 7.15. The van der Waals surface area contributed by atoms with Crippen molar-refractivity contribution >= 4 is 17.9 Å². The molecule has 5 nitrogen and oxygen atoms in total. The highest BCUT2D eigenvalue weighted by atomic mass is 35.5. The lowest BCUT2D eigenvalue weighted by atomic mass is 10.1. The number of alkyl halides is 3. The van der Waals surface area contributed by atoms with E-state index in [2.05, 4.69) is 15.3 Å². The molecule has 1 N–H and O–H groups in total. The average Bonchev–Trinajstić information content (AvgIpc) is 2.60. The zero-order valence-electron chi connectivity index (χ0n) is 14.8. The number of aldehydes is 1. The van der Waals surface area contributed by atoms with Gasteiger partial charge in [-0.1, -0.05) is 11.6 Å². The van der Waals surface area contributed by atoms with Crippen LogP contribution in [-0.4, -0.2) is 29.0 Å². The summed E-state index contributed by atoms with van der Waals surface area (Å²) in [6.07, 6.45) is -1.57. The Morgan fingerprint density at radius 2 is 2.11 bits per heavy atom. The van der Waals surface area contributed by atoms with Gasteiger partial charge in [-0.05, 0) is 31.5 Å². The fraction of sp³-hybridized carbons (Fsp3) is 0.389. The Labute approximate surface area is 159 Å². The van der Waals surface area contributed by atoms with E-state index < -0.39 is 19.2 Å². The third-order valence-corrected chi connectivity index (χ3v) is 4.25. The van der Waals surface area contributed by atoms with E-state index in [0.717, 1.165) is 5.56 Å². The van der Waals surface area contributed by atoms with E-state index in [9.17, 15) is 18.0 Å².